The fraction of sp³-hybridized carbons (Fsp3) is 0.750. The minimum atomic E-state index is -4.49. The summed E-state index contributed by atoms with van der Waals surface area (Å²) < 4.78 is 143. The van der Waals surface area contributed by atoms with Crippen molar-refractivity contribution in [3.63, 3.8) is 0 Å². The van der Waals surface area contributed by atoms with E-state index in [1.165, 1.54) is 19.1 Å². The zero-order chi connectivity index (χ0) is 48.5. The number of hydrogen-bond acceptors (Lipinski definition) is 18. The predicted molar refractivity (Wildman–Crippen MR) is 223 cm³/mol. The number of esters is 1. The lowest BCUT2D eigenvalue weighted by molar-refractivity contribution is -0.223. The molecular formula is C36H67NO18PS4-5. The number of rotatable bonds is 20. The zero-order valence-corrected chi connectivity index (χ0v) is 40.9. The lowest BCUT2D eigenvalue weighted by atomic mass is 9.99. The largest absolute Gasteiger partial charge is 0.756 e. The second-order valence-electron chi connectivity index (χ2n) is 14.5. The summed E-state index contributed by atoms with van der Waals surface area (Å²) in [6.07, 6.45) is 3.18. The van der Waals surface area contributed by atoms with Crippen LogP contribution in [0.25, 0.3) is 0 Å². The summed E-state index contributed by atoms with van der Waals surface area (Å²) in [6, 6.07) is 6.12. The van der Waals surface area contributed by atoms with Crippen molar-refractivity contribution in [3.8, 4) is 0 Å². The maximum Gasteiger partial charge on any atom is 0.308 e. The van der Waals surface area contributed by atoms with E-state index in [2.05, 4.69) is 30.3 Å². The standard InChI is InChI=1S/C10H21NO3S.C10H14O3S.C8H16O5S.C4H11O4P.C4H10O3S/c1-6-8(2)9(3)11-10(4,5)7-15(12,13)14;1-3-8(2)9-4-6-10(7-5-9)14(11,12)13;1-3-7(2)8(9)13-5-4-6-14(10,11)12;1-3-4(2)8-9(5,6)7;1-3-4(2)8(5,6)7/h8,11H,3,6-7H2,1-2,4-5H3,(H,12,13,14);4-8H,3H2,1-2H3,(H,11,12,13);7H,3-6H2,1-2H3,(H,10,11,12);4H,3H2,1-2H3,(H2,5,6,7);4H,3H2,1-2H3,(H,5,6,7)/p-5. The van der Waals surface area contributed by atoms with Crippen molar-refractivity contribution < 1.29 is 80.3 Å². The number of phosphoric ester groups is 1. The molecule has 358 valence electrons. The fourth-order valence-corrected chi connectivity index (χ4v) is 6.61. The minimum Gasteiger partial charge on any atom is -0.756 e. The molecule has 0 aliphatic heterocycles. The van der Waals surface area contributed by atoms with Crippen LogP contribution in [0.5, 0.6) is 0 Å². The van der Waals surface area contributed by atoms with Gasteiger partial charge in [0.2, 0.25) is 0 Å². The van der Waals surface area contributed by atoms with Crippen LogP contribution in [0, 0.1) is 11.8 Å². The van der Waals surface area contributed by atoms with E-state index < -0.39 is 76.7 Å². The molecule has 0 spiro atoms. The predicted octanol–water partition coefficient (Wildman–Crippen LogP) is 4.67. The van der Waals surface area contributed by atoms with Gasteiger partial charge in [-0.05, 0) is 95.8 Å². The van der Waals surface area contributed by atoms with Crippen LogP contribution in [-0.4, -0.2) is 97.8 Å². The summed E-state index contributed by atoms with van der Waals surface area (Å²) in [7, 11) is -21.2. The van der Waals surface area contributed by atoms with Gasteiger partial charge in [-0.25, -0.2) is 33.7 Å². The van der Waals surface area contributed by atoms with Gasteiger partial charge < -0.3 is 42.6 Å². The number of carbonyl (C=O) groups excluding carboxylic acids is 1. The Morgan fingerprint density at radius 3 is 1.53 bits per heavy atom. The number of benzene rings is 1. The van der Waals surface area contributed by atoms with E-state index in [0.717, 1.165) is 24.1 Å². The van der Waals surface area contributed by atoms with Gasteiger partial charge >= 0.3 is 5.97 Å². The van der Waals surface area contributed by atoms with Gasteiger partial charge in [-0.1, -0.05) is 74.1 Å². The third-order valence-corrected chi connectivity index (χ3v) is 13.0. The highest BCUT2D eigenvalue weighted by atomic mass is 32.2. The van der Waals surface area contributed by atoms with E-state index in [1.807, 2.05) is 20.8 Å². The van der Waals surface area contributed by atoms with Crippen LogP contribution >= 0.6 is 7.82 Å². The Morgan fingerprint density at radius 2 is 1.25 bits per heavy atom. The molecule has 0 aliphatic rings. The Morgan fingerprint density at radius 1 is 0.783 bits per heavy atom. The molecule has 60 heavy (non-hydrogen) atoms. The third kappa shape index (κ3) is 38.9. The third-order valence-electron chi connectivity index (χ3n) is 8.35. The molecule has 0 bridgehead atoms. The van der Waals surface area contributed by atoms with Crippen molar-refractivity contribution in [2.24, 2.45) is 11.8 Å². The SMILES string of the molecule is C=C(NC(C)(C)CS(=O)(=O)[O-])C(C)CC.CCC(C)C(=O)OCCCS(=O)(=O)[O-].CCC(C)OP(=O)([O-])O.CCC(C)S(=O)(=O)[O-].CCC(C)c1ccc(S(=O)(=O)[O-])cc1. The normalized spacial score (nSPS) is 15.4. The lowest BCUT2D eigenvalue weighted by Crippen LogP contribution is -2.45. The summed E-state index contributed by atoms with van der Waals surface area (Å²) in [5, 5.41) is 2.26. The molecule has 1 rings (SSSR count). The summed E-state index contributed by atoms with van der Waals surface area (Å²) >= 11 is 0. The van der Waals surface area contributed by atoms with Crippen LogP contribution in [-0.2, 0) is 59.1 Å². The van der Waals surface area contributed by atoms with Crippen LogP contribution in [0.15, 0.2) is 41.4 Å². The van der Waals surface area contributed by atoms with Crippen LogP contribution < -0.4 is 10.2 Å². The van der Waals surface area contributed by atoms with E-state index in [-0.39, 0.29) is 35.7 Å². The Bertz CT molecular complexity index is 1860. The van der Waals surface area contributed by atoms with Gasteiger partial charge in [0.1, 0.15) is 10.1 Å². The average molecular weight is 961 g/mol. The first-order valence-corrected chi connectivity index (χ1v) is 26.6. The van der Waals surface area contributed by atoms with Gasteiger partial charge in [-0.15, -0.1) is 0 Å². The molecule has 19 nitrogen and oxygen atoms in total. The zero-order valence-electron chi connectivity index (χ0n) is 36.7. The maximum absolute atomic E-state index is 11.0. The van der Waals surface area contributed by atoms with Crippen molar-refractivity contribution in [1.82, 2.24) is 5.32 Å². The van der Waals surface area contributed by atoms with E-state index in [1.54, 1.807) is 53.7 Å². The van der Waals surface area contributed by atoms with Crippen LogP contribution in [0.3, 0.4) is 0 Å². The molecule has 2 N–H and O–H groups in total. The van der Waals surface area contributed by atoms with Crippen LogP contribution in [0.2, 0.25) is 0 Å². The smallest absolute Gasteiger partial charge is 0.308 e. The van der Waals surface area contributed by atoms with E-state index in [9.17, 15) is 66.1 Å². The van der Waals surface area contributed by atoms with Gasteiger partial charge in [0, 0.05) is 22.2 Å². The molecule has 6 unspecified atom stereocenters. The Hall–Kier alpha value is -2.02. The van der Waals surface area contributed by atoms with Gasteiger partial charge in [0.15, 0.2) is 0 Å². The summed E-state index contributed by atoms with van der Waals surface area (Å²) in [5.41, 5.74) is 1.06. The first-order chi connectivity index (χ1) is 26.8. The summed E-state index contributed by atoms with van der Waals surface area (Å²) in [6.45, 7) is 25.3. The highest BCUT2D eigenvalue weighted by Gasteiger charge is 2.22. The monoisotopic (exact) mass is 960 g/mol. The van der Waals surface area contributed by atoms with Crippen LogP contribution in [0.1, 0.15) is 133 Å². The molecule has 0 fully saturated rings. The maximum atomic E-state index is 11.0. The Labute approximate surface area is 359 Å². The molecule has 1 aromatic carbocycles. The molecular weight excluding hydrogens is 894 g/mol. The quantitative estimate of drug-likeness (QED) is 0.0776. The second-order valence-corrected chi connectivity index (χ2v) is 21.7. The van der Waals surface area contributed by atoms with Crippen molar-refractivity contribution in [3.05, 3.63) is 42.1 Å². The molecule has 24 heteroatoms. The molecule has 0 radical (unpaired) electrons. The molecule has 1 aromatic rings. The Balaban J connectivity index is -0.000000333. The lowest BCUT2D eigenvalue weighted by Gasteiger charge is -2.31. The van der Waals surface area contributed by atoms with Crippen molar-refractivity contribution in [1.29, 1.82) is 0 Å². The minimum absolute atomic E-state index is 0.00928. The molecule has 0 saturated heterocycles. The number of nitrogens with one attached hydrogen (secondary N) is 1. The number of carbonyl (C=O) groups is 1. The van der Waals surface area contributed by atoms with Gasteiger partial charge in [0.05, 0.1) is 59.6 Å². The van der Waals surface area contributed by atoms with Gasteiger partial charge in [-0.2, -0.15) is 0 Å². The van der Waals surface area contributed by atoms with Crippen molar-refractivity contribution in [2.45, 2.75) is 149 Å². The number of phosphoric acid groups is 1. The molecule has 0 heterocycles. The topological polar surface area (TPSA) is 337 Å². The summed E-state index contributed by atoms with van der Waals surface area (Å²) in [4.78, 5) is 28.9. The first kappa shape index (κ1) is 64.6. The molecule has 6 atom stereocenters. The second kappa shape index (κ2) is 30.1. The van der Waals surface area contributed by atoms with E-state index in [4.69, 9.17) is 9.63 Å². The average Bonchev–Trinajstić information content (AvgIpc) is 3.09. The molecule has 0 amide bonds. The first-order valence-electron chi connectivity index (χ1n) is 19.1. The number of allylic oxidation sites excluding steroid dienone is 1. The molecule has 0 saturated carbocycles. The van der Waals surface area contributed by atoms with Gasteiger partial charge in [-0.3, -0.25) is 9.36 Å². The highest BCUT2D eigenvalue weighted by molar-refractivity contribution is 7.86. The van der Waals surface area contributed by atoms with Gasteiger partial charge in [0.25, 0.3) is 7.82 Å². The number of hydrogen-bond donors (Lipinski definition) is 2. The van der Waals surface area contributed by atoms with E-state index >= 15 is 0 Å². The number of ether oxygens (including phenoxy) is 1. The van der Waals surface area contributed by atoms with Crippen LogP contribution in [0.4, 0.5) is 0 Å². The van der Waals surface area contributed by atoms with Crippen molar-refractivity contribution >= 4 is 54.3 Å². The van der Waals surface area contributed by atoms with E-state index in [0.29, 0.717) is 25.2 Å². The van der Waals surface area contributed by atoms with Crippen molar-refractivity contribution in [2.75, 3.05) is 18.1 Å². The Kier molecular flexibility index (Phi) is 32.4. The molecule has 0 aliphatic carbocycles. The summed E-state index contributed by atoms with van der Waals surface area (Å²) in [5.74, 6) is -0.803. The fourth-order valence-electron chi connectivity index (χ4n) is 3.70. The molecule has 0 aromatic heterocycles. The highest BCUT2D eigenvalue weighted by Crippen LogP contribution is 2.32.